The van der Waals surface area contributed by atoms with Gasteiger partial charge in [-0.1, -0.05) is 6.07 Å². The van der Waals surface area contributed by atoms with Crippen LogP contribution in [0.1, 0.15) is 37.7 Å². The molecule has 0 aliphatic carbocycles. The van der Waals surface area contributed by atoms with Gasteiger partial charge in [-0.2, -0.15) is 0 Å². The molecule has 2 bridgehead atoms. The summed E-state index contributed by atoms with van der Waals surface area (Å²) in [6.07, 6.45) is 7.31. The van der Waals surface area contributed by atoms with Gasteiger partial charge in [-0.05, 0) is 37.7 Å². The topological polar surface area (TPSA) is 57.3 Å². The van der Waals surface area contributed by atoms with Crippen LogP contribution in [0.3, 0.4) is 0 Å². The number of rotatable bonds is 5. The van der Waals surface area contributed by atoms with Gasteiger partial charge in [-0.15, -0.1) is 24.8 Å². The molecule has 2 N–H and O–H groups in total. The number of hydrogen-bond acceptors (Lipinski definition) is 4. The third-order valence-corrected chi connectivity index (χ3v) is 4.81. The van der Waals surface area contributed by atoms with E-state index in [1.165, 1.54) is 12.8 Å². The number of halogens is 2. The lowest BCUT2D eigenvalue weighted by Gasteiger charge is -2.28. The zero-order chi connectivity index (χ0) is 15.5. The number of amides is 1. The molecule has 5 nitrogen and oxygen atoms in total. The van der Waals surface area contributed by atoms with Gasteiger partial charge in [0.15, 0.2) is 0 Å². The number of pyridine rings is 1. The third kappa shape index (κ3) is 5.23. The van der Waals surface area contributed by atoms with Crippen molar-refractivity contribution in [2.45, 2.75) is 50.7 Å². The van der Waals surface area contributed by atoms with Gasteiger partial charge in [0.2, 0.25) is 5.91 Å². The van der Waals surface area contributed by atoms with Gasteiger partial charge < -0.3 is 15.5 Å². The Morgan fingerprint density at radius 2 is 1.96 bits per heavy atom. The number of fused-ring (bicyclic) bond motifs is 2. The lowest BCUT2D eigenvalue weighted by atomic mass is 9.89. The highest BCUT2D eigenvalue weighted by molar-refractivity contribution is 5.85. The Labute approximate surface area is 156 Å². The van der Waals surface area contributed by atoms with Crippen LogP contribution in [0.5, 0.6) is 0 Å². The van der Waals surface area contributed by atoms with Crippen LogP contribution in [0.4, 0.5) is 5.82 Å². The van der Waals surface area contributed by atoms with E-state index in [0.717, 1.165) is 24.2 Å². The Hall–Kier alpha value is -1.04. The van der Waals surface area contributed by atoms with E-state index in [1.54, 1.807) is 6.20 Å². The van der Waals surface area contributed by atoms with Gasteiger partial charge in [0.25, 0.3) is 0 Å². The minimum Gasteiger partial charge on any atom is -0.362 e. The van der Waals surface area contributed by atoms with Crippen LogP contribution in [0.15, 0.2) is 18.3 Å². The molecular formula is C17H28Cl2N4O. The predicted octanol–water partition coefficient (Wildman–Crippen LogP) is 2.53. The molecule has 0 aromatic carbocycles. The summed E-state index contributed by atoms with van der Waals surface area (Å²) in [5, 5.41) is 6.69. The Kier molecular flexibility index (Phi) is 8.27. The van der Waals surface area contributed by atoms with Crippen LogP contribution in [0.25, 0.3) is 0 Å². The molecule has 1 amide bonds. The molecule has 2 atom stereocenters. The lowest BCUT2D eigenvalue weighted by Crippen LogP contribution is -2.39. The molecule has 1 aromatic rings. The molecule has 0 saturated carbocycles. The molecule has 3 rings (SSSR count). The highest BCUT2D eigenvalue weighted by Gasteiger charge is 2.34. The second kappa shape index (κ2) is 9.44. The van der Waals surface area contributed by atoms with Crippen LogP contribution in [-0.2, 0) is 11.3 Å². The summed E-state index contributed by atoms with van der Waals surface area (Å²) in [7, 11) is 3.94. The average Bonchev–Trinajstić information content (AvgIpc) is 2.84. The van der Waals surface area contributed by atoms with Crippen molar-refractivity contribution in [1.29, 1.82) is 0 Å². The second-order valence-corrected chi connectivity index (χ2v) is 6.84. The highest BCUT2D eigenvalue weighted by Crippen LogP contribution is 2.32. The van der Waals surface area contributed by atoms with E-state index < -0.39 is 0 Å². The fourth-order valence-corrected chi connectivity index (χ4v) is 3.84. The van der Waals surface area contributed by atoms with E-state index in [0.29, 0.717) is 31.0 Å². The Morgan fingerprint density at radius 3 is 2.58 bits per heavy atom. The zero-order valence-corrected chi connectivity index (χ0v) is 16.0. The second-order valence-electron chi connectivity index (χ2n) is 6.84. The van der Waals surface area contributed by atoms with Crippen molar-refractivity contribution in [3.8, 4) is 0 Å². The maximum absolute atomic E-state index is 12.2. The molecule has 1 aromatic heterocycles. The fraction of sp³-hybridized carbons (Fsp3) is 0.647. The Morgan fingerprint density at radius 1 is 1.29 bits per heavy atom. The van der Waals surface area contributed by atoms with Gasteiger partial charge in [-0.3, -0.25) is 4.79 Å². The molecule has 136 valence electrons. The normalized spacial score (nSPS) is 24.5. The van der Waals surface area contributed by atoms with Crippen molar-refractivity contribution in [3.63, 3.8) is 0 Å². The molecule has 0 spiro atoms. The quantitative estimate of drug-likeness (QED) is 0.831. The van der Waals surface area contributed by atoms with Crippen LogP contribution in [-0.4, -0.2) is 37.1 Å². The molecule has 0 radical (unpaired) electrons. The third-order valence-electron chi connectivity index (χ3n) is 4.81. The standard InChI is InChI=1S/C17H26N4O.2ClH/c1-21(2)17-13(4-3-7-18-17)11-19-16(22)10-12-8-14-5-6-15(9-12)20-14;;/h3-4,7,12,14-15,20H,5-6,8-11H2,1-2H3,(H,19,22);2*1H. The maximum Gasteiger partial charge on any atom is 0.220 e. The molecule has 7 heteroatoms. The highest BCUT2D eigenvalue weighted by atomic mass is 35.5. The molecular weight excluding hydrogens is 347 g/mol. The summed E-state index contributed by atoms with van der Waals surface area (Å²) in [5.41, 5.74) is 1.06. The zero-order valence-electron chi connectivity index (χ0n) is 14.3. The molecule has 2 aliphatic heterocycles. The summed E-state index contributed by atoms with van der Waals surface area (Å²) in [4.78, 5) is 18.6. The van der Waals surface area contributed by atoms with Gasteiger partial charge in [0, 0.05) is 50.9 Å². The van der Waals surface area contributed by atoms with Crippen LogP contribution >= 0.6 is 24.8 Å². The van der Waals surface area contributed by atoms with Gasteiger partial charge in [0.1, 0.15) is 5.82 Å². The number of nitrogens with zero attached hydrogens (tertiary/aromatic N) is 2. The van der Waals surface area contributed by atoms with E-state index in [-0.39, 0.29) is 30.7 Å². The van der Waals surface area contributed by atoms with E-state index in [2.05, 4.69) is 15.6 Å². The number of piperidine rings is 1. The van der Waals surface area contributed by atoms with Crippen LogP contribution < -0.4 is 15.5 Å². The van der Waals surface area contributed by atoms with E-state index in [1.807, 2.05) is 31.1 Å². The number of aromatic nitrogens is 1. The van der Waals surface area contributed by atoms with Gasteiger partial charge in [0.05, 0.1) is 0 Å². The number of carbonyl (C=O) groups excluding carboxylic acids is 1. The van der Waals surface area contributed by atoms with Crippen molar-refractivity contribution in [1.82, 2.24) is 15.6 Å². The summed E-state index contributed by atoms with van der Waals surface area (Å²) in [5.74, 6) is 1.63. The Balaban J connectivity index is 0.00000144. The molecule has 2 fully saturated rings. The van der Waals surface area contributed by atoms with E-state index in [9.17, 15) is 4.79 Å². The summed E-state index contributed by atoms with van der Waals surface area (Å²) in [6.45, 7) is 0.554. The number of hydrogen-bond donors (Lipinski definition) is 2. The van der Waals surface area contributed by atoms with Crippen molar-refractivity contribution < 1.29 is 4.79 Å². The molecule has 2 unspecified atom stereocenters. The first-order valence-corrected chi connectivity index (χ1v) is 8.26. The average molecular weight is 375 g/mol. The van der Waals surface area contributed by atoms with Crippen molar-refractivity contribution >= 4 is 36.5 Å². The van der Waals surface area contributed by atoms with Crippen molar-refractivity contribution in [2.24, 2.45) is 5.92 Å². The number of nitrogens with one attached hydrogen (secondary N) is 2. The molecule has 3 heterocycles. The van der Waals surface area contributed by atoms with Crippen LogP contribution in [0, 0.1) is 5.92 Å². The van der Waals surface area contributed by atoms with Gasteiger partial charge in [-0.25, -0.2) is 4.98 Å². The first-order valence-electron chi connectivity index (χ1n) is 8.26. The van der Waals surface area contributed by atoms with Crippen molar-refractivity contribution in [3.05, 3.63) is 23.9 Å². The number of anilines is 1. The molecule has 24 heavy (non-hydrogen) atoms. The monoisotopic (exact) mass is 374 g/mol. The predicted molar refractivity (Wildman–Crippen MR) is 102 cm³/mol. The first kappa shape index (κ1) is 21.0. The van der Waals surface area contributed by atoms with E-state index in [4.69, 9.17) is 0 Å². The lowest BCUT2D eigenvalue weighted by molar-refractivity contribution is -0.122. The fourth-order valence-electron chi connectivity index (χ4n) is 3.84. The van der Waals surface area contributed by atoms with E-state index >= 15 is 0 Å². The molecule has 2 aliphatic rings. The maximum atomic E-state index is 12.2. The summed E-state index contributed by atoms with van der Waals surface area (Å²) < 4.78 is 0. The number of carbonyl (C=O) groups is 1. The van der Waals surface area contributed by atoms with Gasteiger partial charge >= 0.3 is 0 Å². The summed E-state index contributed by atoms with van der Waals surface area (Å²) in [6, 6.07) is 5.23. The summed E-state index contributed by atoms with van der Waals surface area (Å²) >= 11 is 0. The minimum absolute atomic E-state index is 0. The largest absolute Gasteiger partial charge is 0.362 e. The first-order chi connectivity index (χ1) is 10.6. The van der Waals surface area contributed by atoms with Crippen LogP contribution in [0.2, 0.25) is 0 Å². The smallest absolute Gasteiger partial charge is 0.220 e. The SMILES string of the molecule is CN(C)c1ncccc1CNC(=O)CC1CC2CCC(C1)N2.Cl.Cl. The van der Waals surface area contributed by atoms with Crippen molar-refractivity contribution in [2.75, 3.05) is 19.0 Å². The molecule has 2 saturated heterocycles. The minimum atomic E-state index is 0. The Bertz CT molecular complexity index is 529.